The molecule has 6 nitrogen and oxygen atoms in total. The van der Waals surface area contributed by atoms with Gasteiger partial charge in [-0.05, 0) is 17.7 Å². The monoisotopic (exact) mass is 383 g/mol. The molecule has 140 valence electrons. The summed E-state index contributed by atoms with van der Waals surface area (Å²) in [7, 11) is -1.91. The molecule has 0 bridgehead atoms. The van der Waals surface area contributed by atoms with Gasteiger partial charge in [-0.15, -0.1) is 0 Å². The van der Waals surface area contributed by atoms with E-state index in [1.54, 1.807) is 11.6 Å². The van der Waals surface area contributed by atoms with E-state index < -0.39 is 10.0 Å². The number of aromatic nitrogens is 2. The number of rotatable bonds is 5. The van der Waals surface area contributed by atoms with Gasteiger partial charge in [0.1, 0.15) is 11.9 Å². The first kappa shape index (κ1) is 17.8. The smallest absolute Gasteiger partial charge is 0.262 e. The summed E-state index contributed by atoms with van der Waals surface area (Å²) in [6, 6.07) is 19.4. The second-order valence-electron chi connectivity index (χ2n) is 6.69. The Morgan fingerprint density at radius 1 is 1.00 bits per heavy atom. The first-order valence-electron chi connectivity index (χ1n) is 8.79. The Bertz CT molecular complexity index is 1000. The fourth-order valence-corrected chi connectivity index (χ4v) is 4.85. The molecule has 0 saturated carbocycles. The van der Waals surface area contributed by atoms with Crippen LogP contribution in [-0.2, 0) is 17.1 Å². The van der Waals surface area contributed by atoms with Crippen molar-refractivity contribution in [2.24, 2.45) is 7.05 Å². The van der Waals surface area contributed by atoms with E-state index in [0.29, 0.717) is 6.54 Å². The molecule has 0 N–H and O–H groups in total. The first-order chi connectivity index (χ1) is 13.0. The van der Waals surface area contributed by atoms with Crippen LogP contribution in [0, 0.1) is 0 Å². The molecule has 1 aliphatic rings. The molecule has 0 radical (unpaired) electrons. The van der Waals surface area contributed by atoms with Crippen LogP contribution in [-0.4, -0.2) is 41.5 Å². The van der Waals surface area contributed by atoms with Crippen molar-refractivity contribution < 1.29 is 13.2 Å². The summed E-state index contributed by atoms with van der Waals surface area (Å²) in [6.45, 7) is 0.647. The molecule has 0 amide bonds. The van der Waals surface area contributed by atoms with E-state index >= 15 is 0 Å². The summed E-state index contributed by atoms with van der Waals surface area (Å²) in [5.74, 6) is 0.686. The van der Waals surface area contributed by atoms with Crippen molar-refractivity contribution in [2.45, 2.75) is 17.0 Å². The van der Waals surface area contributed by atoms with E-state index in [1.807, 2.05) is 60.7 Å². The predicted octanol–water partition coefficient (Wildman–Crippen LogP) is 2.66. The minimum Gasteiger partial charge on any atom is -0.488 e. The summed E-state index contributed by atoms with van der Waals surface area (Å²) in [6.07, 6.45) is 2.75. The van der Waals surface area contributed by atoms with Gasteiger partial charge in [-0.25, -0.2) is 13.4 Å². The largest absolute Gasteiger partial charge is 0.488 e. The van der Waals surface area contributed by atoms with Crippen molar-refractivity contribution in [3.63, 3.8) is 0 Å². The third kappa shape index (κ3) is 3.61. The zero-order valence-corrected chi connectivity index (χ0v) is 15.8. The highest BCUT2D eigenvalue weighted by atomic mass is 32.2. The van der Waals surface area contributed by atoms with Crippen LogP contribution < -0.4 is 4.74 Å². The molecular weight excluding hydrogens is 362 g/mol. The van der Waals surface area contributed by atoms with E-state index in [9.17, 15) is 8.42 Å². The number of benzene rings is 2. The van der Waals surface area contributed by atoms with Crippen molar-refractivity contribution in [3.8, 4) is 5.75 Å². The standard InChI is InChI=1S/C20H21N3O3S/c1-22-14-20(21-15-22)27(24,25)23-12-18(16-8-4-2-5-9-16)19(13-23)26-17-10-6-3-7-11-17/h2-11,14-15,18-19H,12-13H2,1H3/t18-,19+/m0/s1. The summed E-state index contributed by atoms with van der Waals surface area (Å²) >= 11 is 0. The second kappa shape index (κ2) is 7.17. The third-order valence-electron chi connectivity index (χ3n) is 4.78. The van der Waals surface area contributed by atoms with Gasteiger partial charge >= 0.3 is 0 Å². The first-order valence-corrected chi connectivity index (χ1v) is 10.2. The number of para-hydroxylation sites is 1. The van der Waals surface area contributed by atoms with Crippen LogP contribution in [0.2, 0.25) is 0 Å². The van der Waals surface area contributed by atoms with Crippen molar-refractivity contribution in [3.05, 3.63) is 78.8 Å². The van der Waals surface area contributed by atoms with Crippen molar-refractivity contribution in [2.75, 3.05) is 13.1 Å². The Kier molecular flexibility index (Phi) is 4.72. The zero-order chi connectivity index (χ0) is 18.9. The maximum atomic E-state index is 13.0. The van der Waals surface area contributed by atoms with Gasteiger partial charge in [0.15, 0.2) is 5.03 Å². The predicted molar refractivity (Wildman–Crippen MR) is 102 cm³/mol. The fraction of sp³-hybridized carbons (Fsp3) is 0.250. The van der Waals surface area contributed by atoms with Crippen LogP contribution in [0.3, 0.4) is 0 Å². The Balaban J connectivity index is 1.64. The fourth-order valence-electron chi connectivity index (χ4n) is 3.40. The number of hydrogen-bond acceptors (Lipinski definition) is 4. The molecule has 7 heteroatoms. The lowest BCUT2D eigenvalue weighted by molar-refractivity contribution is 0.199. The lowest BCUT2D eigenvalue weighted by Gasteiger charge is -2.20. The molecule has 2 atom stereocenters. The minimum atomic E-state index is -3.66. The zero-order valence-electron chi connectivity index (χ0n) is 15.0. The summed E-state index contributed by atoms with van der Waals surface area (Å²) in [5, 5.41) is 0.0668. The molecule has 4 rings (SSSR count). The van der Waals surface area contributed by atoms with Gasteiger partial charge in [0, 0.05) is 25.7 Å². The van der Waals surface area contributed by atoms with Crippen molar-refractivity contribution in [1.29, 1.82) is 0 Å². The maximum absolute atomic E-state index is 13.0. The Morgan fingerprint density at radius 2 is 1.67 bits per heavy atom. The number of sulfonamides is 1. The van der Waals surface area contributed by atoms with Gasteiger partial charge in [-0.3, -0.25) is 0 Å². The Morgan fingerprint density at radius 3 is 2.30 bits per heavy atom. The molecule has 3 aromatic rings. The highest BCUT2D eigenvalue weighted by molar-refractivity contribution is 7.89. The maximum Gasteiger partial charge on any atom is 0.262 e. The average molecular weight is 383 g/mol. The molecule has 1 fully saturated rings. The molecule has 0 spiro atoms. The summed E-state index contributed by atoms with van der Waals surface area (Å²) in [4.78, 5) is 4.03. The molecular formula is C20H21N3O3S. The van der Waals surface area contributed by atoms with Crippen molar-refractivity contribution >= 4 is 10.0 Å². The van der Waals surface area contributed by atoms with Crippen LogP contribution in [0.15, 0.2) is 78.2 Å². The number of imidazole rings is 1. The molecule has 2 heterocycles. The number of hydrogen-bond donors (Lipinski definition) is 0. The topological polar surface area (TPSA) is 64.4 Å². The molecule has 27 heavy (non-hydrogen) atoms. The van der Waals surface area contributed by atoms with Crippen LogP contribution in [0.25, 0.3) is 0 Å². The Hall–Kier alpha value is -2.64. The van der Waals surface area contributed by atoms with Gasteiger partial charge in [-0.2, -0.15) is 4.31 Å². The molecule has 0 aliphatic carbocycles. The lowest BCUT2D eigenvalue weighted by atomic mass is 9.96. The molecule has 2 aromatic carbocycles. The van der Waals surface area contributed by atoms with E-state index in [2.05, 4.69) is 4.98 Å². The number of nitrogens with zero attached hydrogens (tertiary/aromatic N) is 3. The van der Waals surface area contributed by atoms with Gasteiger partial charge < -0.3 is 9.30 Å². The van der Waals surface area contributed by atoms with Crippen LogP contribution in [0.1, 0.15) is 11.5 Å². The van der Waals surface area contributed by atoms with Gasteiger partial charge in [-0.1, -0.05) is 48.5 Å². The lowest BCUT2D eigenvalue weighted by Crippen LogP contribution is -2.31. The third-order valence-corrected chi connectivity index (χ3v) is 6.49. The van der Waals surface area contributed by atoms with Gasteiger partial charge in [0.05, 0.1) is 12.9 Å². The normalized spacial score (nSPS) is 20.6. The second-order valence-corrected chi connectivity index (χ2v) is 8.57. The minimum absolute atomic E-state index is 0.0510. The summed E-state index contributed by atoms with van der Waals surface area (Å²) in [5.41, 5.74) is 1.07. The quantitative estimate of drug-likeness (QED) is 0.679. The SMILES string of the molecule is Cn1cnc(S(=O)(=O)N2C[C@@H](Oc3ccccc3)[C@H](c3ccccc3)C2)c1. The van der Waals surface area contributed by atoms with Gasteiger partial charge in [0.25, 0.3) is 10.0 Å². The highest BCUT2D eigenvalue weighted by Crippen LogP contribution is 2.33. The average Bonchev–Trinajstić information content (AvgIpc) is 3.31. The molecule has 1 aliphatic heterocycles. The number of aryl methyl sites for hydroxylation is 1. The highest BCUT2D eigenvalue weighted by Gasteiger charge is 2.42. The van der Waals surface area contributed by atoms with Crippen LogP contribution >= 0.6 is 0 Å². The molecule has 1 aromatic heterocycles. The summed E-state index contributed by atoms with van der Waals surface area (Å²) < 4.78 is 35.3. The molecule has 1 saturated heterocycles. The van der Waals surface area contributed by atoms with E-state index in [1.165, 1.54) is 16.8 Å². The van der Waals surface area contributed by atoms with Crippen LogP contribution in [0.4, 0.5) is 0 Å². The Labute approximate surface area is 159 Å². The van der Waals surface area contributed by atoms with E-state index in [4.69, 9.17) is 4.74 Å². The van der Waals surface area contributed by atoms with E-state index in [0.717, 1.165) is 11.3 Å². The number of ether oxygens (including phenoxy) is 1. The van der Waals surface area contributed by atoms with Crippen molar-refractivity contribution in [1.82, 2.24) is 13.9 Å². The van der Waals surface area contributed by atoms with E-state index in [-0.39, 0.29) is 23.6 Å². The van der Waals surface area contributed by atoms with Gasteiger partial charge in [0.2, 0.25) is 0 Å². The molecule has 0 unspecified atom stereocenters. The van der Waals surface area contributed by atoms with Crippen LogP contribution in [0.5, 0.6) is 5.75 Å².